The van der Waals surface area contributed by atoms with Crippen LogP contribution in [0.2, 0.25) is 0 Å². The van der Waals surface area contributed by atoms with Gasteiger partial charge in [-0.1, -0.05) is 6.07 Å². The maximum Gasteiger partial charge on any atom is 0.261 e. The van der Waals surface area contributed by atoms with E-state index in [-0.39, 0.29) is 11.9 Å². The maximum absolute atomic E-state index is 12.3. The lowest BCUT2D eigenvalue weighted by atomic mass is 10.1. The number of benzene rings is 1. The number of piperidine rings is 1. The van der Waals surface area contributed by atoms with Crippen LogP contribution in [-0.4, -0.2) is 42.3 Å². The molecule has 0 spiro atoms. The highest BCUT2D eigenvalue weighted by Crippen LogP contribution is 2.25. The zero-order valence-corrected chi connectivity index (χ0v) is 16.0. The van der Waals surface area contributed by atoms with E-state index in [9.17, 15) is 4.79 Å². The van der Waals surface area contributed by atoms with E-state index in [2.05, 4.69) is 26.5 Å². The Balaban J connectivity index is 1.42. The van der Waals surface area contributed by atoms with Gasteiger partial charge in [0.05, 0.1) is 17.7 Å². The Morgan fingerprint density at radius 1 is 1.33 bits per heavy atom. The summed E-state index contributed by atoms with van der Waals surface area (Å²) in [5.41, 5.74) is 2.03. The van der Waals surface area contributed by atoms with Crippen LogP contribution in [-0.2, 0) is 0 Å². The molecule has 140 valence electrons. The lowest BCUT2D eigenvalue weighted by Crippen LogP contribution is -2.47. The summed E-state index contributed by atoms with van der Waals surface area (Å²) >= 11 is 1.47. The van der Waals surface area contributed by atoms with Gasteiger partial charge < -0.3 is 15.0 Å². The van der Waals surface area contributed by atoms with Crippen molar-refractivity contribution in [2.75, 3.05) is 25.1 Å². The standard InChI is InChI=1S/C20H22N4O2S/c1-26-16-8-6-14(7-9-16)17-12-19(23-22-17)24-10-2-4-15(13-24)21-20(25)18-5-3-11-27-18/h3,5-9,11-12,15H,2,4,10,13H2,1H3,(H,21,25)(H,22,23)/t15-/m1/s1. The van der Waals surface area contributed by atoms with E-state index in [4.69, 9.17) is 4.74 Å². The van der Waals surface area contributed by atoms with E-state index >= 15 is 0 Å². The minimum atomic E-state index is 0.0119. The van der Waals surface area contributed by atoms with Crippen LogP contribution in [0.3, 0.4) is 0 Å². The van der Waals surface area contributed by atoms with Crippen LogP contribution < -0.4 is 15.0 Å². The molecule has 1 saturated heterocycles. The molecule has 1 aliphatic rings. The summed E-state index contributed by atoms with van der Waals surface area (Å²) in [6.07, 6.45) is 2.02. The molecule has 7 heteroatoms. The van der Waals surface area contributed by atoms with Gasteiger partial charge in [0.1, 0.15) is 5.75 Å². The van der Waals surface area contributed by atoms with Crippen LogP contribution in [0.5, 0.6) is 5.75 Å². The fourth-order valence-electron chi connectivity index (χ4n) is 3.36. The van der Waals surface area contributed by atoms with Gasteiger partial charge in [0.15, 0.2) is 5.82 Å². The largest absolute Gasteiger partial charge is 0.497 e. The fraction of sp³-hybridized carbons (Fsp3) is 0.300. The van der Waals surface area contributed by atoms with E-state index in [1.165, 1.54) is 11.3 Å². The van der Waals surface area contributed by atoms with Gasteiger partial charge in [0, 0.05) is 25.2 Å². The number of methoxy groups -OCH3 is 1. The van der Waals surface area contributed by atoms with Crippen molar-refractivity contribution >= 4 is 23.1 Å². The Morgan fingerprint density at radius 2 is 2.19 bits per heavy atom. The third-order valence-corrected chi connectivity index (χ3v) is 5.66. The first-order valence-corrected chi connectivity index (χ1v) is 9.90. The molecule has 2 aromatic heterocycles. The highest BCUT2D eigenvalue weighted by molar-refractivity contribution is 7.12. The lowest BCUT2D eigenvalue weighted by molar-refractivity contribution is 0.0937. The van der Waals surface area contributed by atoms with E-state index in [0.29, 0.717) is 0 Å². The number of rotatable bonds is 5. The van der Waals surface area contributed by atoms with Gasteiger partial charge in [-0.25, -0.2) is 0 Å². The smallest absolute Gasteiger partial charge is 0.261 e. The van der Waals surface area contributed by atoms with Gasteiger partial charge in [0.25, 0.3) is 5.91 Å². The van der Waals surface area contributed by atoms with Crippen LogP contribution in [0, 0.1) is 0 Å². The van der Waals surface area contributed by atoms with Gasteiger partial charge >= 0.3 is 0 Å². The molecule has 27 heavy (non-hydrogen) atoms. The molecule has 0 unspecified atom stereocenters. The molecule has 1 atom stereocenters. The van der Waals surface area contributed by atoms with Gasteiger partial charge in [-0.15, -0.1) is 11.3 Å². The van der Waals surface area contributed by atoms with Gasteiger partial charge in [-0.3, -0.25) is 9.89 Å². The van der Waals surface area contributed by atoms with Gasteiger partial charge in [-0.05, 0) is 54.1 Å². The number of aromatic amines is 1. The fourth-order valence-corrected chi connectivity index (χ4v) is 3.99. The minimum Gasteiger partial charge on any atom is -0.497 e. The number of thiophene rings is 1. The zero-order chi connectivity index (χ0) is 18.6. The number of nitrogens with zero attached hydrogens (tertiary/aromatic N) is 2. The normalized spacial score (nSPS) is 16.9. The number of hydrogen-bond acceptors (Lipinski definition) is 5. The second-order valence-corrected chi connectivity index (χ2v) is 7.55. The number of ether oxygens (including phenoxy) is 1. The highest BCUT2D eigenvalue weighted by Gasteiger charge is 2.24. The van der Waals surface area contributed by atoms with Crippen molar-refractivity contribution in [3.63, 3.8) is 0 Å². The Bertz CT molecular complexity index is 889. The number of hydrogen-bond donors (Lipinski definition) is 2. The Hall–Kier alpha value is -2.80. The van der Waals surface area contributed by atoms with Crippen molar-refractivity contribution in [1.29, 1.82) is 0 Å². The topological polar surface area (TPSA) is 70.2 Å². The quantitative estimate of drug-likeness (QED) is 0.708. The van der Waals surface area contributed by atoms with E-state index in [1.54, 1.807) is 7.11 Å². The summed E-state index contributed by atoms with van der Waals surface area (Å²) in [6, 6.07) is 13.8. The number of anilines is 1. The molecule has 0 saturated carbocycles. The van der Waals surface area contributed by atoms with Gasteiger partial charge in [0.2, 0.25) is 0 Å². The molecule has 6 nitrogen and oxygen atoms in total. The molecule has 3 heterocycles. The van der Waals surface area contributed by atoms with Crippen molar-refractivity contribution in [3.05, 3.63) is 52.7 Å². The second-order valence-electron chi connectivity index (χ2n) is 6.60. The van der Waals surface area contributed by atoms with Crippen molar-refractivity contribution < 1.29 is 9.53 Å². The van der Waals surface area contributed by atoms with E-state index in [1.807, 2.05) is 41.8 Å². The molecule has 1 aromatic carbocycles. The average Bonchev–Trinajstić information content (AvgIpc) is 3.40. The number of carbonyl (C=O) groups excluding carboxylic acids is 1. The van der Waals surface area contributed by atoms with Crippen LogP contribution in [0.25, 0.3) is 11.3 Å². The maximum atomic E-state index is 12.3. The SMILES string of the molecule is COc1ccc(-c2cc(N3CCC[C@@H](NC(=O)c4cccs4)C3)n[nH]2)cc1. The predicted molar refractivity (Wildman–Crippen MR) is 108 cm³/mol. The Kier molecular flexibility index (Phi) is 5.11. The number of amides is 1. The molecule has 1 amide bonds. The molecule has 0 bridgehead atoms. The summed E-state index contributed by atoms with van der Waals surface area (Å²) in [7, 11) is 1.66. The van der Waals surface area contributed by atoms with Gasteiger partial charge in [-0.2, -0.15) is 5.10 Å². The zero-order valence-electron chi connectivity index (χ0n) is 15.1. The average molecular weight is 382 g/mol. The summed E-state index contributed by atoms with van der Waals surface area (Å²) in [6.45, 7) is 1.71. The van der Waals surface area contributed by atoms with Crippen molar-refractivity contribution in [3.8, 4) is 17.0 Å². The number of aromatic nitrogens is 2. The number of nitrogens with one attached hydrogen (secondary N) is 2. The van der Waals surface area contributed by atoms with Crippen molar-refractivity contribution in [2.24, 2.45) is 0 Å². The molecular formula is C20H22N4O2S. The van der Waals surface area contributed by atoms with Crippen LogP contribution in [0.15, 0.2) is 47.8 Å². The number of H-pyrrole nitrogens is 1. The highest BCUT2D eigenvalue weighted by atomic mass is 32.1. The van der Waals surface area contributed by atoms with Crippen LogP contribution in [0.1, 0.15) is 22.5 Å². The first-order chi connectivity index (χ1) is 13.2. The third kappa shape index (κ3) is 3.98. The lowest BCUT2D eigenvalue weighted by Gasteiger charge is -2.33. The molecule has 0 radical (unpaired) electrons. The summed E-state index contributed by atoms with van der Waals surface area (Å²) < 4.78 is 5.21. The van der Waals surface area contributed by atoms with Crippen molar-refractivity contribution in [1.82, 2.24) is 15.5 Å². The molecule has 1 aliphatic heterocycles. The van der Waals surface area contributed by atoms with Crippen molar-refractivity contribution in [2.45, 2.75) is 18.9 Å². The molecule has 2 N–H and O–H groups in total. The minimum absolute atomic E-state index is 0.0119. The predicted octanol–water partition coefficient (Wildman–Crippen LogP) is 3.55. The first-order valence-electron chi connectivity index (χ1n) is 9.02. The molecule has 0 aliphatic carbocycles. The Morgan fingerprint density at radius 3 is 2.93 bits per heavy atom. The molecule has 1 fully saturated rings. The monoisotopic (exact) mass is 382 g/mol. The van der Waals surface area contributed by atoms with E-state index < -0.39 is 0 Å². The first kappa shape index (κ1) is 17.6. The Labute approximate surface area is 162 Å². The van der Waals surface area contributed by atoms with Crippen LogP contribution in [0.4, 0.5) is 5.82 Å². The number of carbonyl (C=O) groups is 1. The van der Waals surface area contributed by atoms with Crippen LogP contribution >= 0.6 is 11.3 Å². The molecule has 3 aromatic rings. The summed E-state index contributed by atoms with van der Waals surface area (Å²) in [4.78, 5) is 15.3. The third-order valence-electron chi connectivity index (χ3n) is 4.79. The summed E-state index contributed by atoms with van der Waals surface area (Å²) in [5.74, 6) is 1.76. The molecule has 4 rings (SSSR count). The molecular weight excluding hydrogens is 360 g/mol. The summed E-state index contributed by atoms with van der Waals surface area (Å²) in [5, 5.41) is 12.7. The van der Waals surface area contributed by atoms with E-state index in [0.717, 1.165) is 53.6 Å². The second kappa shape index (κ2) is 7.84.